The van der Waals surface area contributed by atoms with E-state index in [1.54, 1.807) is 26.0 Å². The first-order valence-electron chi connectivity index (χ1n) is 12.5. The van der Waals surface area contributed by atoms with Crippen LogP contribution in [0, 0.1) is 36.5 Å². The SMILES string of the molecule is COc1ccc(C2c3sc(=O)[nH]c3SC3C2[C@H]2C[C@@H]3C3C(=O)N(c4ccc(C)cc4)C(=O)C32)cc1OC. The molecule has 2 aromatic carbocycles. The van der Waals surface area contributed by atoms with Gasteiger partial charge in [0.1, 0.15) is 0 Å². The van der Waals surface area contributed by atoms with Crippen LogP contribution in [0.2, 0.25) is 0 Å². The Morgan fingerprint density at radius 3 is 2.32 bits per heavy atom. The lowest BCUT2D eigenvalue weighted by Crippen LogP contribution is -2.42. The van der Waals surface area contributed by atoms with Gasteiger partial charge in [0.25, 0.3) is 0 Å². The van der Waals surface area contributed by atoms with E-state index in [0.29, 0.717) is 17.2 Å². The van der Waals surface area contributed by atoms with Crippen LogP contribution in [-0.2, 0) is 9.59 Å². The Labute approximate surface area is 222 Å². The van der Waals surface area contributed by atoms with E-state index in [0.717, 1.165) is 27.5 Å². The molecule has 4 aliphatic rings. The largest absolute Gasteiger partial charge is 0.493 e. The smallest absolute Gasteiger partial charge is 0.305 e. The Hall–Kier alpha value is -3.04. The van der Waals surface area contributed by atoms with Crippen molar-refractivity contribution < 1.29 is 19.1 Å². The number of fused-ring (bicyclic) bond motifs is 9. The molecule has 1 N–H and O–H groups in total. The number of H-pyrrole nitrogens is 1. The zero-order chi connectivity index (χ0) is 25.6. The minimum absolute atomic E-state index is 0.0581. The zero-order valence-corrected chi connectivity index (χ0v) is 22.2. The first-order valence-corrected chi connectivity index (χ1v) is 14.2. The summed E-state index contributed by atoms with van der Waals surface area (Å²) >= 11 is 2.95. The van der Waals surface area contributed by atoms with E-state index in [1.165, 1.54) is 16.2 Å². The van der Waals surface area contributed by atoms with Crippen molar-refractivity contribution in [1.29, 1.82) is 0 Å². The summed E-state index contributed by atoms with van der Waals surface area (Å²) in [5.41, 5.74) is 2.79. The quantitative estimate of drug-likeness (QED) is 0.498. The summed E-state index contributed by atoms with van der Waals surface area (Å²) in [6.45, 7) is 1.99. The lowest BCUT2D eigenvalue weighted by atomic mass is 9.68. The summed E-state index contributed by atoms with van der Waals surface area (Å²) in [6, 6.07) is 13.5. The van der Waals surface area contributed by atoms with Crippen molar-refractivity contribution in [3.05, 3.63) is 68.1 Å². The number of nitrogens with zero attached hydrogens (tertiary/aromatic N) is 1. The van der Waals surface area contributed by atoms with E-state index in [9.17, 15) is 14.4 Å². The third kappa shape index (κ3) is 3.16. The zero-order valence-electron chi connectivity index (χ0n) is 20.6. The Morgan fingerprint density at radius 1 is 0.919 bits per heavy atom. The Kier molecular flexibility index (Phi) is 5.14. The number of benzene rings is 2. The van der Waals surface area contributed by atoms with Gasteiger partial charge in [0.05, 0.1) is 36.8 Å². The summed E-state index contributed by atoms with van der Waals surface area (Å²) in [5, 5.41) is 1.05. The Morgan fingerprint density at radius 2 is 1.62 bits per heavy atom. The first kappa shape index (κ1) is 23.1. The van der Waals surface area contributed by atoms with Gasteiger partial charge in [-0.25, -0.2) is 0 Å². The van der Waals surface area contributed by atoms with Crippen LogP contribution in [-0.4, -0.2) is 36.3 Å². The minimum atomic E-state index is -0.319. The highest BCUT2D eigenvalue weighted by molar-refractivity contribution is 8.00. The van der Waals surface area contributed by atoms with Crippen LogP contribution >= 0.6 is 23.1 Å². The van der Waals surface area contributed by atoms with Gasteiger partial charge in [-0.2, -0.15) is 0 Å². The average Bonchev–Trinajstić information content (AvgIpc) is 3.63. The van der Waals surface area contributed by atoms with Crippen LogP contribution in [0.25, 0.3) is 0 Å². The molecule has 2 amide bonds. The number of thioether (sulfide) groups is 1. The lowest BCUT2D eigenvalue weighted by Gasteiger charge is -2.43. The van der Waals surface area contributed by atoms with Crippen molar-refractivity contribution in [2.24, 2.45) is 29.6 Å². The number of imide groups is 1. The molecule has 0 radical (unpaired) electrons. The van der Waals surface area contributed by atoms with E-state index in [4.69, 9.17) is 9.47 Å². The van der Waals surface area contributed by atoms with E-state index in [-0.39, 0.29) is 57.4 Å². The predicted octanol–water partition coefficient (Wildman–Crippen LogP) is 4.44. The van der Waals surface area contributed by atoms with Gasteiger partial charge in [-0.1, -0.05) is 35.1 Å². The molecule has 3 aromatic rings. The van der Waals surface area contributed by atoms with Gasteiger partial charge >= 0.3 is 4.87 Å². The number of aromatic amines is 1. The number of rotatable bonds is 4. The number of amides is 2. The highest BCUT2D eigenvalue weighted by Gasteiger charge is 2.69. The second kappa shape index (κ2) is 8.23. The molecule has 2 aliphatic heterocycles. The fraction of sp³-hybridized carbons (Fsp3) is 0.393. The number of aryl methyl sites for hydroxylation is 1. The van der Waals surface area contributed by atoms with Gasteiger partial charge < -0.3 is 14.5 Å². The molecule has 2 aliphatic carbocycles. The van der Waals surface area contributed by atoms with Gasteiger partial charge in [0, 0.05) is 16.0 Å². The molecular weight excluding hydrogens is 508 g/mol. The van der Waals surface area contributed by atoms with Crippen LogP contribution < -0.4 is 19.2 Å². The van der Waals surface area contributed by atoms with Crippen molar-refractivity contribution in [3.63, 3.8) is 0 Å². The van der Waals surface area contributed by atoms with Crippen LogP contribution in [0.3, 0.4) is 0 Å². The van der Waals surface area contributed by atoms with Crippen molar-refractivity contribution in [1.82, 2.24) is 4.98 Å². The van der Waals surface area contributed by atoms with E-state index in [2.05, 4.69) is 4.98 Å². The number of carbonyl (C=O) groups excluding carboxylic acids is 2. The van der Waals surface area contributed by atoms with Crippen LogP contribution in [0.4, 0.5) is 5.69 Å². The number of nitrogens with one attached hydrogen (secondary N) is 1. The standard InChI is InChI=1S/C28H26N2O5S2/c1-12-4-7-14(8-5-12)30-26(31)21-15-11-16(22(21)27(30)32)23-20(15)19(24-25(36-23)29-28(33)37-24)13-6-9-17(34-2)18(10-13)35-3/h4-10,15-16,19-23H,11H2,1-3H3,(H,29,33)/t15-,16-,19?,20?,21?,22?,23?/m1/s1. The summed E-state index contributed by atoms with van der Waals surface area (Å²) in [4.78, 5) is 45.4. The lowest BCUT2D eigenvalue weighted by molar-refractivity contribution is -0.123. The molecule has 3 fully saturated rings. The first-order chi connectivity index (χ1) is 17.9. The second-order valence-electron chi connectivity index (χ2n) is 10.4. The number of thiazole rings is 1. The fourth-order valence-corrected chi connectivity index (χ4v) is 10.3. The summed E-state index contributed by atoms with van der Waals surface area (Å²) in [6.07, 6.45) is 0.861. The van der Waals surface area contributed by atoms with Gasteiger partial charge in [0.15, 0.2) is 11.5 Å². The molecule has 190 valence electrons. The maximum absolute atomic E-state index is 13.8. The third-order valence-electron chi connectivity index (χ3n) is 8.78. The number of hydrogen-bond acceptors (Lipinski definition) is 7. The topological polar surface area (TPSA) is 88.7 Å². The second-order valence-corrected chi connectivity index (χ2v) is 12.6. The molecule has 7 rings (SSSR count). The molecule has 1 saturated heterocycles. The minimum Gasteiger partial charge on any atom is -0.493 e. The van der Waals surface area contributed by atoms with E-state index in [1.807, 2.05) is 49.4 Å². The summed E-state index contributed by atoms with van der Waals surface area (Å²) < 4.78 is 11.1. The van der Waals surface area contributed by atoms with Crippen molar-refractivity contribution in [2.45, 2.75) is 29.5 Å². The van der Waals surface area contributed by atoms with Crippen molar-refractivity contribution >= 4 is 40.6 Å². The highest BCUT2D eigenvalue weighted by atomic mass is 32.2. The number of hydrogen-bond donors (Lipinski definition) is 1. The number of carbonyl (C=O) groups is 2. The fourth-order valence-electron chi connectivity index (χ4n) is 7.38. The number of aromatic nitrogens is 1. The van der Waals surface area contributed by atoms with Crippen LogP contribution in [0.1, 0.15) is 28.3 Å². The molecule has 7 nitrogen and oxygen atoms in total. The monoisotopic (exact) mass is 534 g/mol. The molecule has 2 bridgehead atoms. The molecule has 1 aromatic heterocycles. The molecule has 9 heteroatoms. The third-order valence-corrected chi connectivity index (χ3v) is 11.4. The maximum Gasteiger partial charge on any atom is 0.305 e. The molecular formula is C28H26N2O5S2. The molecule has 5 unspecified atom stereocenters. The van der Waals surface area contributed by atoms with Gasteiger partial charge in [0.2, 0.25) is 11.8 Å². The Balaban J connectivity index is 1.32. The van der Waals surface area contributed by atoms with Crippen LogP contribution in [0.15, 0.2) is 52.3 Å². The number of ether oxygens (including phenoxy) is 2. The van der Waals surface area contributed by atoms with Crippen molar-refractivity contribution in [2.75, 3.05) is 19.1 Å². The molecule has 3 heterocycles. The maximum atomic E-state index is 13.8. The van der Waals surface area contributed by atoms with Gasteiger partial charge in [-0.3, -0.25) is 19.3 Å². The summed E-state index contributed by atoms with van der Waals surface area (Å²) in [7, 11) is 3.23. The Bertz CT molecular complexity index is 1490. The molecule has 2 saturated carbocycles. The van der Waals surface area contributed by atoms with E-state index < -0.39 is 0 Å². The molecule has 0 spiro atoms. The highest BCUT2D eigenvalue weighted by Crippen LogP contribution is 2.68. The normalized spacial score (nSPS) is 31.3. The van der Waals surface area contributed by atoms with E-state index >= 15 is 0 Å². The average molecular weight is 535 g/mol. The molecule has 7 atom stereocenters. The predicted molar refractivity (Wildman–Crippen MR) is 142 cm³/mol. The van der Waals surface area contributed by atoms with Gasteiger partial charge in [-0.15, -0.1) is 11.8 Å². The summed E-state index contributed by atoms with van der Waals surface area (Å²) in [5.74, 6) is 0.767. The number of methoxy groups -OCH3 is 2. The van der Waals surface area contributed by atoms with Crippen molar-refractivity contribution in [3.8, 4) is 11.5 Å². The van der Waals surface area contributed by atoms with Gasteiger partial charge in [-0.05, 0) is 60.9 Å². The number of anilines is 1. The molecule has 37 heavy (non-hydrogen) atoms. The van der Waals surface area contributed by atoms with Crippen LogP contribution in [0.5, 0.6) is 11.5 Å².